The van der Waals surface area contributed by atoms with E-state index in [-0.39, 0.29) is 11.0 Å². The molecule has 3 aromatic rings. The number of amides is 1. The maximum atomic E-state index is 13.2. The van der Waals surface area contributed by atoms with Crippen LogP contribution in [-0.4, -0.2) is 15.7 Å². The Hall–Kier alpha value is -3.28. The third-order valence-electron chi connectivity index (χ3n) is 4.48. The number of nitrogens with one attached hydrogen (secondary N) is 1. The van der Waals surface area contributed by atoms with Gasteiger partial charge in [-0.05, 0) is 22.6 Å². The van der Waals surface area contributed by atoms with Crippen LogP contribution in [0.4, 0.5) is 14.5 Å². The third-order valence-corrected chi connectivity index (χ3v) is 4.48. The van der Waals surface area contributed by atoms with E-state index < -0.39 is 18.0 Å². The van der Waals surface area contributed by atoms with Gasteiger partial charge in [0.05, 0.1) is 5.56 Å². The number of aryl methyl sites for hydroxylation is 1. The molecule has 0 unspecified atom stereocenters. The van der Waals surface area contributed by atoms with Crippen LogP contribution in [0.15, 0.2) is 60.8 Å². The van der Waals surface area contributed by atoms with Gasteiger partial charge in [0.2, 0.25) is 0 Å². The molecular formula is C24H25F2N3O. The first-order chi connectivity index (χ1) is 14.1. The Labute approximate surface area is 175 Å². The van der Waals surface area contributed by atoms with Gasteiger partial charge in [-0.25, -0.2) is 8.78 Å². The fraction of sp³-hybridized carbons (Fsp3) is 0.250. The van der Waals surface area contributed by atoms with Crippen molar-refractivity contribution < 1.29 is 13.6 Å². The number of allylic oxidation sites excluding steroid dienone is 1. The molecule has 0 aliphatic carbocycles. The van der Waals surface area contributed by atoms with E-state index in [4.69, 9.17) is 0 Å². The molecule has 0 spiro atoms. The zero-order valence-electron chi connectivity index (χ0n) is 17.5. The number of anilines is 1. The predicted molar refractivity (Wildman–Crippen MR) is 116 cm³/mol. The lowest BCUT2D eigenvalue weighted by molar-refractivity contribution is 0.101. The highest BCUT2D eigenvalue weighted by atomic mass is 19.3. The summed E-state index contributed by atoms with van der Waals surface area (Å²) < 4.78 is 27.6. The maximum absolute atomic E-state index is 13.2. The largest absolute Gasteiger partial charge is 0.321 e. The molecule has 4 nitrogen and oxygen atoms in total. The Morgan fingerprint density at radius 2 is 1.77 bits per heavy atom. The number of hydrogen-bond acceptors (Lipinski definition) is 2. The van der Waals surface area contributed by atoms with Crippen LogP contribution in [0, 0.1) is 5.41 Å². The van der Waals surface area contributed by atoms with Gasteiger partial charge in [0.15, 0.2) is 0 Å². The Bertz CT molecular complexity index is 1060. The summed E-state index contributed by atoms with van der Waals surface area (Å²) in [5, 5.41) is 6.45. The van der Waals surface area contributed by atoms with Crippen LogP contribution in [0.1, 0.15) is 48.8 Å². The maximum Gasteiger partial charge on any atom is 0.282 e. The van der Waals surface area contributed by atoms with Crippen molar-refractivity contribution >= 4 is 17.7 Å². The summed E-state index contributed by atoms with van der Waals surface area (Å²) in [7, 11) is 1.51. The first-order valence-corrected chi connectivity index (χ1v) is 9.66. The second-order valence-corrected chi connectivity index (χ2v) is 8.22. The summed E-state index contributed by atoms with van der Waals surface area (Å²) in [6.45, 7) is 6.41. The number of alkyl halides is 2. The average Bonchev–Trinajstić information content (AvgIpc) is 3.09. The molecule has 1 amide bonds. The minimum Gasteiger partial charge on any atom is -0.321 e. The van der Waals surface area contributed by atoms with Gasteiger partial charge >= 0.3 is 0 Å². The van der Waals surface area contributed by atoms with E-state index >= 15 is 0 Å². The predicted octanol–water partition coefficient (Wildman–Crippen LogP) is 6.34. The molecule has 2 aromatic carbocycles. The van der Waals surface area contributed by atoms with Crippen LogP contribution in [0.25, 0.3) is 17.2 Å². The standard InChI is InChI=1S/C24H25F2N3O/c1-24(2,3)14-13-16-9-11-17(12-10-16)18-7-5-6-8-20(18)27-23(30)19-15-29(4)28-21(19)22(25)26/h5-15,22H,1-4H3,(H,27,30). The van der Waals surface area contributed by atoms with Crippen LogP contribution in [0.5, 0.6) is 0 Å². The van der Waals surface area contributed by atoms with Gasteiger partial charge in [-0.3, -0.25) is 9.48 Å². The molecule has 0 radical (unpaired) electrons. The number of aromatic nitrogens is 2. The molecule has 1 heterocycles. The summed E-state index contributed by atoms with van der Waals surface area (Å²) in [4.78, 5) is 12.7. The zero-order chi connectivity index (χ0) is 21.9. The summed E-state index contributed by atoms with van der Waals surface area (Å²) in [6.07, 6.45) is 2.70. The van der Waals surface area contributed by atoms with Gasteiger partial charge in [-0.1, -0.05) is 75.4 Å². The van der Waals surface area contributed by atoms with Crippen LogP contribution < -0.4 is 5.32 Å². The monoisotopic (exact) mass is 409 g/mol. The van der Waals surface area contributed by atoms with Crippen LogP contribution in [-0.2, 0) is 7.05 Å². The molecular weight excluding hydrogens is 384 g/mol. The van der Waals surface area contributed by atoms with Crippen molar-refractivity contribution in [3.05, 3.63) is 77.6 Å². The number of carbonyl (C=O) groups excluding carboxylic acids is 1. The highest BCUT2D eigenvalue weighted by Crippen LogP contribution is 2.30. The minimum absolute atomic E-state index is 0.0962. The quantitative estimate of drug-likeness (QED) is 0.535. The molecule has 0 atom stereocenters. The molecule has 1 aromatic heterocycles. The normalized spacial score (nSPS) is 12.0. The molecule has 30 heavy (non-hydrogen) atoms. The summed E-state index contributed by atoms with van der Waals surface area (Å²) in [5.74, 6) is -0.615. The fourth-order valence-electron chi connectivity index (χ4n) is 3.00. The number of carbonyl (C=O) groups is 1. The topological polar surface area (TPSA) is 46.9 Å². The van der Waals surface area contributed by atoms with Gasteiger partial charge in [-0.2, -0.15) is 5.10 Å². The van der Waals surface area contributed by atoms with E-state index in [0.29, 0.717) is 5.69 Å². The number of hydrogen-bond donors (Lipinski definition) is 1. The average molecular weight is 409 g/mol. The fourth-order valence-corrected chi connectivity index (χ4v) is 3.00. The van der Waals surface area contributed by atoms with E-state index in [9.17, 15) is 13.6 Å². The molecule has 3 rings (SSSR count). The summed E-state index contributed by atoms with van der Waals surface area (Å²) in [5.41, 5.74) is 2.78. The van der Waals surface area contributed by atoms with E-state index in [2.05, 4.69) is 43.3 Å². The van der Waals surface area contributed by atoms with Crippen molar-refractivity contribution in [1.29, 1.82) is 0 Å². The summed E-state index contributed by atoms with van der Waals surface area (Å²) >= 11 is 0. The molecule has 156 valence electrons. The van der Waals surface area contributed by atoms with E-state index in [1.54, 1.807) is 12.1 Å². The van der Waals surface area contributed by atoms with Crippen LogP contribution in [0.2, 0.25) is 0 Å². The Balaban J connectivity index is 1.87. The number of nitrogens with zero attached hydrogens (tertiary/aromatic N) is 2. The lowest BCUT2D eigenvalue weighted by Crippen LogP contribution is -2.14. The van der Waals surface area contributed by atoms with Gasteiger partial charge in [0.1, 0.15) is 5.69 Å². The Kier molecular flexibility index (Phi) is 6.15. The highest BCUT2D eigenvalue weighted by molar-refractivity contribution is 6.07. The smallest absolute Gasteiger partial charge is 0.282 e. The number of halogens is 2. The van der Waals surface area contributed by atoms with Crippen molar-refractivity contribution in [3.8, 4) is 11.1 Å². The minimum atomic E-state index is -2.82. The van der Waals surface area contributed by atoms with Gasteiger partial charge in [-0.15, -0.1) is 0 Å². The number of benzene rings is 2. The van der Waals surface area contributed by atoms with Crippen molar-refractivity contribution in [2.45, 2.75) is 27.2 Å². The van der Waals surface area contributed by atoms with Crippen molar-refractivity contribution in [3.63, 3.8) is 0 Å². The third kappa shape index (κ3) is 5.20. The van der Waals surface area contributed by atoms with Gasteiger partial charge < -0.3 is 5.32 Å². The second kappa shape index (κ2) is 8.61. The van der Waals surface area contributed by atoms with E-state index in [1.807, 2.05) is 36.4 Å². The molecule has 0 saturated carbocycles. The van der Waals surface area contributed by atoms with Crippen molar-refractivity contribution in [1.82, 2.24) is 9.78 Å². The SMILES string of the molecule is Cn1cc(C(=O)Nc2ccccc2-c2ccc(C=CC(C)(C)C)cc2)c(C(F)F)n1. The Morgan fingerprint density at radius 3 is 2.40 bits per heavy atom. The lowest BCUT2D eigenvalue weighted by Gasteiger charge is -2.12. The summed E-state index contributed by atoms with van der Waals surface area (Å²) in [6, 6.07) is 15.2. The lowest BCUT2D eigenvalue weighted by atomic mass is 9.95. The molecule has 0 aliphatic rings. The first-order valence-electron chi connectivity index (χ1n) is 9.66. The molecule has 0 bridgehead atoms. The molecule has 0 aliphatic heterocycles. The number of para-hydroxylation sites is 1. The number of rotatable bonds is 5. The molecule has 0 saturated heterocycles. The molecule has 6 heteroatoms. The molecule has 1 N–H and O–H groups in total. The molecule has 0 fully saturated rings. The second-order valence-electron chi connectivity index (χ2n) is 8.22. The van der Waals surface area contributed by atoms with Crippen molar-refractivity contribution in [2.75, 3.05) is 5.32 Å². The van der Waals surface area contributed by atoms with Crippen molar-refractivity contribution in [2.24, 2.45) is 12.5 Å². The van der Waals surface area contributed by atoms with E-state index in [0.717, 1.165) is 16.7 Å². The van der Waals surface area contributed by atoms with Gasteiger partial charge in [0, 0.05) is 24.5 Å². The van der Waals surface area contributed by atoms with Gasteiger partial charge in [0.25, 0.3) is 12.3 Å². The van der Waals surface area contributed by atoms with Crippen LogP contribution >= 0.6 is 0 Å². The van der Waals surface area contributed by atoms with E-state index in [1.165, 1.54) is 17.9 Å². The first kappa shape index (κ1) is 21.4. The zero-order valence-corrected chi connectivity index (χ0v) is 17.5. The Morgan fingerprint density at radius 1 is 1.10 bits per heavy atom. The highest BCUT2D eigenvalue weighted by Gasteiger charge is 2.23. The van der Waals surface area contributed by atoms with Crippen LogP contribution in [0.3, 0.4) is 0 Å².